The number of carbonyl (C=O) groups is 1. The van der Waals surface area contributed by atoms with Crippen molar-refractivity contribution in [3.05, 3.63) is 53.7 Å². The summed E-state index contributed by atoms with van der Waals surface area (Å²) in [5, 5.41) is 10.1. The van der Waals surface area contributed by atoms with E-state index in [1.165, 1.54) is 0 Å². The molecular weight excluding hydrogens is 370 g/mol. The van der Waals surface area contributed by atoms with Gasteiger partial charge in [0.25, 0.3) is 0 Å². The molecule has 1 heterocycles. The van der Waals surface area contributed by atoms with Crippen molar-refractivity contribution in [3.63, 3.8) is 0 Å². The van der Waals surface area contributed by atoms with Crippen LogP contribution < -0.4 is 0 Å². The van der Waals surface area contributed by atoms with E-state index in [-0.39, 0.29) is 11.4 Å². The van der Waals surface area contributed by atoms with Gasteiger partial charge >= 0.3 is 5.97 Å². The second kappa shape index (κ2) is 6.81. The van der Waals surface area contributed by atoms with E-state index in [1.807, 2.05) is 38.1 Å². The first-order valence-electron chi connectivity index (χ1n) is 7.96. The molecule has 2 aromatic carbocycles. The van der Waals surface area contributed by atoms with E-state index in [1.54, 1.807) is 34.5 Å². The summed E-state index contributed by atoms with van der Waals surface area (Å²) in [4.78, 5) is 13.5. The molecule has 5 nitrogen and oxygen atoms in total. The summed E-state index contributed by atoms with van der Waals surface area (Å²) in [6.07, 6.45) is 1.15. The zero-order valence-electron chi connectivity index (χ0n) is 14.7. The molecule has 0 unspecified atom stereocenters. The quantitative estimate of drug-likeness (QED) is 0.716. The van der Waals surface area contributed by atoms with Crippen LogP contribution in [0.5, 0.6) is 0 Å². The fourth-order valence-corrected chi connectivity index (χ4v) is 4.54. The van der Waals surface area contributed by atoms with Gasteiger partial charge in [-0.1, -0.05) is 35.5 Å². The number of aliphatic carboxylic acids is 1. The maximum Gasteiger partial charge on any atom is 0.323 e. The van der Waals surface area contributed by atoms with Crippen molar-refractivity contribution in [2.75, 3.05) is 6.26 Å². The number of aromatic nitrogens is 1. The Morgan fingerprint density at radius 3 is 2.35 bits per heavy atom. The largest absolute Gasteiger partial charge is 0.480 e. The minimum Gasteiger partial charge on any atom is -0.480 e. The lowest BCUT2D eigenvalue weighted by Gasteiger charge is -2.06. The summed E-state index contributed by atoms with van der Waals surface area (Å²) in [7, 11) is -3.37. The van der Waals surface area contributed by atoms with Crippen LogP contribution in [0.2, 0.25) is 0 Å². The predicted octanol–water partition coefficient (Wildman–Crippen LogP) is 3.90. The number of carboxylic acids is 1. The van der Waals surface area contributed by atoms with Gasteiger partial charge in [-0.15, -0.1) is 0 Å². The molecule has 7 heteroatoms. The third-order valence-corrected chi connectivity index (χ3v) is 6.54. The second-order valence-electron chi connectivity index (χ2n) is 6.26. The maximum absolute atomic E-state index is 11.9. The van der Waals surface area contributed by atoms with Gasteiger partial charge in [0.05, 0.1) is 10.4 Å². The van der Waals surface area contributed by atoms with E-state index in [0.717, 1.165) is 32.7 Å². The van der Waals surface area contributed by atoms with Crippen LogP contribution in [0.25, 0.3) is 10.9 Å². The van der Waals surface area contributed by atoms with E-state index >= 15 is 0 Å². The van der Waals surface area contributed by atoms with Gasteiger partial charge < -0.3 is 9.67 Å². The summed E-state index contributed by atoms with van der Waals surface area (Å²) in [5.74, 6) is -0.971. The van der Waals surface area contributed by atoms with Gasteiger partial charge in [0.2, 0.25) is 0 Å². The summed E-state index contributed by atoms with van der Waals surface area (Å²) in [5.41, 5.74) is 2.58. The number of hydrogen-bond donors (Lipinski definition) is 1. The second-order valence-corrected chi connectivity index (χ2v) is 9.36. The Balaban J connectivity index is 2.20. The van der Waals surface area contributed by atoms with Gasteiger partial charge in [-0.3, -0.25) is 4.79 Å². The molecule has 0 radical (unpaired) electrons. The Bertz CT molecular complexity index is 1100. The normalized spacial score (nSPS) is 11.8. The molecule has 26 heavy (non-hydrogen) atoms. The zero-order valence-corrected chi connectivity index (χ0v) is 16.3. The van der Waals surface area contributed by atoms with E-state index in [9.17, 15) is 18.3 Å². The molecule has 0 aliphatic rings. The standard InChI is InChI=1S/C19H19NO4S2/c1-12-4-6-14(7-5-12)25-19-13(2)20(11-18(21)22)17-10-15(26(3,23)24)8-9-16(17)19/h4-10H,11H2,1-3H3,(H,21,22). The lowest BCUT2D eigenvalue weighted by atomic mass is 10.2. The molecule has 1 aromatic heterocycles. The molecule has 0 saturated heterocycles. The van der Waals surface area contributed by atoms with E-state index in [0.29, 0.717) is 5.52 Å². The van der Waals surface area contributed by atoms with Crippen LogP contribution in [0.3, 0.4) is 0 Å². The Morgan fingerprint density at radius 1 is 1.12 bits per heavy atom. The molecule has 0 amide bonds. The number of hydrogen-bond acceptors (Lipinski definition) is 4. The monoisotopic (exact) mass is 389 g/mol. The first kappa shape index (κ1) is 18.5. The number of aryl methyl sites for hydroxylation is 1. The van der Waals surface area contributed by atoms with Crippen LogP contribution in [-0.2, 0) is 21.2 Å². The first-order valence-corrected chi connectivity index (χ1v) is 10.7. The number of fused-ring (bicyclic) bond motifs is 1. The summed E-state index contributed by atoms with van der Waals surface area (Å²) >= 11 is 1.55. The summed E-state index contributed by atoms with van der Waals surface area (Å²) < 4.78 is 25.4. The van der Waals surface area contributed by atoms with Crippen molar-refractivity contribution >= 4 is 38.5 Å². The molecule has 0 saturated carbocycles. The van der Waals surface area contributed by atoms with Gasteiger partial charge in [0.15, 0.2) is 9.84 Å². The van der Waals surface area contributed by atoms with Gasteiger partial charge in [-0.05, 0) is 38.1 Å². The van der Waals surface area contributed by atoms with Crippen molar-refractivity contribution in [1.82, 2.24) is 4.57 Å². The topological polar surface area (TPSA) is 76.4 Å². The van der Waals surface area contributed by atoms with Crippen molar-refractivity contribution in [1.29, 1.82) is 0 Å². The van der Waals surface area contributed by atoms with Crippen molar-refractivity contribution in [2.24, 2.45) is 0 Å². The third kappa shape index (κ3) is 3.64. The Morgan fingerprint density at radius 2 is 1.77 bits per heavy atom. The highest BCUT2D eigenvalue weighted by molar-refractivity contribution is 7.99. The van der Waals surface area contributed by atoms with Crippen LogP contribution >= 0.6 is 11.8 Å². The molecule has 3 aromatic rings. The lowest BCUT2D eigenvalue weighted by Crippen LogP contribution is -2.10. The SMILES string of the molecule is Cc1ccc(Sc2c(C)n(CC(=O)O)c3cc(S(C)(=O)=O)ccc23)cc1. The van der Waals surface area contributed by atoms with Crippen LogP contribution in [0.1, 0.15) is 11.3 Å². The minimum absolute atomic E-state index is 0.182. The highest BCUT2D eigenvalue weighted by Crippen LogP contribution is 2.39. The van der Waals surface area contributed by atoms with Gasteiger partial charge in [-0.2, -0.15) is 0 Å². The van der Waals surface area contributed by atoms with Gasteiger partial charge in [0.1, 0.15) is 6.54 Å². The van der Waals surface area contributed by atoms with Crippen molar-refractivity contribution in [3.8, 4) is 0 Å². The Labute approximate surface area is 156 Å². The predicted molar refractivity (Wildman–Crippen MR) is 103 cm³/mol. The molecular formula is C19H19NO4S2. The average Bonchev–Trinajstić information content (AvgIpc) is 2.81. The highest BCUT2D eigenvalue weighted by atomic mass is 32.2. The average molecular weight is 389 g/mol. The Kier molecular flexibility index (Phi) is 4.86. The smallest absolute Gasteiger partial charge is 0.323 e. The van der Waals surface area contributed by atoms with Crippen LogP contribution in [0.15, 0.2) is 57.2 Å². The van der Waals surface area contributed by atoms with Gasteiger partial charge in [0, 0.05) is 27.1 Å². The Hall–Kier alpha value is -2.25. The maximum atomic E-state index is 11.9. The molecule has 0 spiro atoms. The van der Waals surface area contributed by atoms with Crippen LogP contribution in [0.4, 0.5) is 0 Å². The van der Waals surface area contributed by atoms with E-state index in [4.69, 9.17) is 0 Å². The van der Waals surface area contributed by atoms with Crippen molar-refractivity contribution < 1.29 is 18.3 Å². The number of nitrogens with zero attached hydrogens (tertiary/aromatic N) is 1. The van der Waals surface area contributed by atoms with E-state index < -0.39 is 15.8 Å². The molecule has 0 atom stereocenters. The minimum atomic E-state index is -3.37. The highest BCUT2D eigenvalue weighted by Gasteiger charge is 2.19. The molecule has 0 fully saturated rings. The molecule has 0 bridgehead atoms. The summed E-state index contributed by atoms with van der Waals surface area (Å²) in [6.45, 7) is 3.66. The summed E-state index contributed by atoms with van der Waals surface area (Å²) in [6, 6.07) is 13.0. The van der Waals surface area contributed by atoms with E-state index in [2.05, 4.69) is 0 Å². The molecule has 0 aliphatic heterocycles. The fourth-order valence-electron chi connectivity index (χ4n) is 2.85. The molecule has 0 aliphatic carbocycles. The van der Waals surface area contributed by atoms with Crippen LogP contribution in [0, 0.1) is 13.8 Å². The first-order chi connectivity index (χ1) is 12.2. The van der Waals surface area contributed by atoms with Gasteiger partial charge in [-0.25, -0.2) is 8.42 Å². The van der Waals surface area contributed by atoms with Crippen LogP contribution in [-0.4, -0.2) is 30.3 Å². The molecule has 1 N–H and O–H groups in total. The zero-order chi connectivity index (χ0) is 19.1. The fraction of sp³-hybridized carbons (Fsp3) is 0.211. The number of benzene rings is 2. The number of carboxylic acid groups (broad SMARTS) is 1. The molecule has 136 valence electrons. The molecule has 3 rings (SSSR count). The number of sulfone groups is 1. The lowest BCUT2D eigenvalue weighted by molar-refractivity contribution is -0.137. The van der Waals surface area contributed by atoms with Crippen molar-refractivity contribution in [2.45, 2.75) is 35.1 Å². The third-order valence-electron chi connectivity index (χ3n) is 4.20. The number of rotatable bonds is 5.